The number of hydrogen-bond acceptors (Lipinski definition) is 2. The third-order valence-electron chi connectivity index (χ3n) is 3.64. The van der Waals surface area contributed by atoms with Gasteiger partial charge in [0.1, 0.15) is 0 Å². The van der Waals surface area contributed by atoms with Crippen LogP contribution in [0.3, 0.4) is 0 Å². The van der Waals surface area contributed by atoms with Crippen LogP contribution >= 0.6 is 15.9 Å². The van der Waals surface area contributed by atoms with Crippen LogP contribution in [0, 0.1) is 0 Å². The van der Waals surface area contributed by atoms with Crippen molar-refractivity contribution in [3.63, 3.8) is 0 Å². The van der Waals surface area contributed by atoms with Gasteiger partial charge in [0, 0.05) is 9.86 Å². The van der Waals surface area contributed by atoms with Crippen molar-refractivity contribution in [1.29, 1.82) is 0 Å². The summed E-state index contributed by atoms with van der Waals surface area (Å²) in [4.78, 5) is 4.03. The lowest BCUT2D eigenvalue weighted by Crippen LogP contribution is -2.44. The first-order valence-electron chi connectivity index (χ1n) is 6.74. The Morgan fingerprint density at radius 3 is 2.17 bits per heavy atom. The quantitative estimate of drug-likeness (QED) is 0.691. The van der Waals surface area contributed by atoms with Crippen molar-refractivity contribution in [3.8, 4) is 0 Å². The zero-order chi connectivity index (χ0) is 16.7. The van der Waals surface area contributed by atoms with E-state index in [9.17, 15) is 18.3 Å². The van der Waals surface area contributed by atoms with Gasteiger partial charge in [-0.05, 0) is 29.8 Å². The third kappa shape index (κ3) is 2.72. The molecule has 2 nitrogen and oxygen atoms in total. The van der Waals surface area contributed by atoms with Gasteiger partial charge >= 0.3 is 6.18 Å². The lowest BCUT2D eigenvalue weighted by Gasteiger charge is -2.30. The zero-order valence-electron chi connectivity index (χ0n) is 11.7. The highest BCUT2D eigenvalue weighted by Gasteiger charge is 2.57. The molecule has 2 aromatic carbocycles. The van der Waals surface area contributed by atoms with Gasteiger partial charge in [-0.1, -0.05) is 52.3 Å². The second kappa shape index (κ2) is 5.62. The number of hydrogen-bond donors (Lipinski definition) is 1. The second-order valence-electron chi connectivity index (χ2n) is 5.10. The van der Waals surface area contributed by atoms with Crippen LogP contribution in [0.4, 0.5) is 13.2 Å². The lowest BCUT2D eigenvalue weighted by molar-refractivity contribution is -0.249. The zero-order valence-corrected chi connectivity index (χ0v) is 13.3. The molecular formula is C17H11BrF3NO. The van der Waals surface area contributed by atoms with Gasteiger partial charge in [0.15, 0.2) is 0 Å². The molecule has 1 atom stereocenters. The molecule has 6 heteroatoms. The Morgan fingerprint density at radius 1 is 0.870 bits per heavy atom. The van der Waals surface area contributed by atoms with Gasteiger partial charge in [-0.15, -0.1) is 0 Å². The molecule has 118 valence electrons. The smallest absolute Gasteiger partial charge is 0.371 e. The molecule has 0 fully saturated rings. The molecule has 1 unspecified atom stereocenters. The molecule has 1 aromatic heterocycles. The van der Waals surface area contributed by atoms with E-state index in [4.69, 9.17) is 0 Å². The summed E-state index contributed by atoms with van der Waals surface area (Å²) in [6.45, 7) is 0. The molecule has 1 N–H and O–H groups in total. The first-order chi connectivity index (χ1) is 10.8. The van der Waals surface area contributed by atoms with Gasteiger partial charge in [-0.3, -0.25) is 0 Å². The number of nitrogens with zero attached hydrogens (tertiary/aromatic N) is 1. The molecule has 0 spiro atoms. The predicted molar refractivity (Wildman–Crippen MR) is 84.9 cm³/mol. The molecule has 0 saturated heterocycles. The molecule has 3 aromatic rings. The van der Waals surface area contributed by atoms with E-state index in [0.29, 0.717) is 15.4 Å². The van der Waals surface area contributed by atoms with Crippen molar-refractivity contribution in [2.75, 3.05) is 0 Å². The van der Waals surface area contributed by atoms with Crippen molar-refractivity contribution < 1.29 is 18.3 Å². The van der Waals surface area contributed by atoms with E-state index in [2.05, 4.69) is 20.9 Å². The number of aliphatic hydroxyl groups is 1. The Labute approximate surface area is 138 Å². The average molecular weight is 382 g/mol. The summed E-state index contributed by atoms with van der Waals surface area (Å²) >= 11 is 3.17. The fourth-order valence-electron chi connectivity index (χ4n) is 2.42. The van der Waals surface area contributed by atoms with E-state index in [1.54, 1.807) is 24.3 Å². The number of rotatable bonds is 2. The van der Waals surface area contributed by atoms with Gasteiger partial charge in [-0.25, -0.2) is 4.98 Å². The number of benzene rings is 2. The topological polar surface area (TPSA) is 33.1 Å². The molecule has 0 bridgehead atoms. The van der Waals surface area contributed by atoms with Crippen molar-refractivity contribution >= 4 is 26.8 Å². The summed E-state index contributed by atoms with van der Waals surface area (Å²) in [5.74, 6) is 0. The lowest BCUT2D eigenvalue weighted by atomic mass is 9.89. The van der Waals surface area contributed by atoms with Crippen molar-refractivity contribution in [1.82, 2.24) is 4.98 Å². The molecule has 1 heterocycles. The largest absolute Gasteiger partial charge is 0.427 e. The van der Waals surface area contributed by atoms with Gasteiger partial charge in [0.25, 0.3) is 0 Å². The maximum Gasteiger partial charge on any atom is 0.427 e. The number of pyridine rings is 1. The molecular weight excluding hydrogens is 371 g/mol. The van der Waals surface area contributed by atoms with Crippen molar-refractivity contribution in [3.05, 3.63) is 76.4 Å². The highest BCUT2D eigenvalue weighted by atomic mass is 79.9. The first-order valence-corrected chi connectivity index (χ1v) is 7.53. The van der Waals surface area contributed by atoms with E-state index in [1.165, 1.54) is 36.4 Å². The number of alkyl halides is 3. The summed E-state index contributed by atoms with van der Waals surface area (Å²) in [7, 11) is 0. The summed E-state index contributed by atoms with van der Waals surface area (Å²) < 4.78 is 41.6. The average Bonchev–Trinajstić information content (AvgIpc) is 2.53. The predicted octanol–water partition coefficient (Wildman–Crippen LogP) is 4.80. The standard InChI is InChI=1S/C17H11BrF3NO/c18-13-8-6-12(7-9-13)16(23,17(19,20)21)15-10-5-11-3-1-2-4-14(11)22-15/h1-10,23H. The summed E-state index contributed by atoms with van der Waals surface area (Å²) in [5.41, 5.74) is -3.51. The maximum absolute atomic E-state index is 13.7. The van der Waals surface area contributed by atoms with E-state index in [-0.39, 0.29) is 5.56 Å². The fraction of sp³-hybridized carbons (Fsp3) is 0.118. The summed E-state index contributed by atoms with van der Waals surface area (Å²) in [5, 5.41) is 11.2. The molecule has 0 amide bonds. The highest BCUT2D eigenvalue weighted by molar-refractivity contribution is 9.10. The molecule has 3 rings (SSSR count). The van der Waals surface area contributed by atoms with Crippen molar-refractivity contribution in [2.24, 2.45) is 0 Å². The van der Waals surface area contributed by atoms with Crippen molar-refractivity contribution in [2.45, 2.75) is 11.8 Å². The molecule has 0 aliphatic carbocycles. The summed E-state index contributed by atoms with van der Waals surface area (Å²) in [6, 6.07) is 14.9. The minimum absolute atomic E-state index is 0.281. The number of para-hydroxylation sites is 1. The van der Waals surface area contributed by atoms with Gasteiger partial charge in [-0.2, -0.15) is 13.2 Å². The van der Waals surface area contributed by atoms with E-state index in [0.717, 1.165) is 0 Å². The Hall–Kier alpha value is -1.92. The minimum atomic E-state index is -4.91. The molecule has 0 aliphatic heterocycles. The molecule has 0 saturated carbocycles. The maximum atomic E-state index is 13.7. The minimum Gasteiger partial charge on any atom is -0.371 e. The first kappa shape index (κ1) is 16.0. The van der Waals surface area contributed by atoms with E-state index in [1.807, 2.05) is 0 Å². The van der Waals surface area contributed by atoms with Crippen LogP contribution in [0.25, 0.3) is 10.9 Å². The molecule has 23 heavy (non-hydrogen) atoms. The Kier molecular flexibility index (Phi) is 3.90. The van der Waals surface area contributed by atoms with Crippen LogP contribution < -0.4 is 0 Å². The SMILES string of the molecule is OC(c1ccc(Br)cc1)(c1ccc2ccccc2n1)C(F)(F)F. The Morgan fingerprint density at radius 2 is 1.52 bits per heavy atom. The number of aromatic nitrogens is 1. The number of halogens is 4. The fourth-order valence-corrected chi connectivity index (χ4v) is 2.68. The van der Waals surface area contributed by atoms with Crippen LogP contribution in [0.2, 0.25) is 0 Å². The third-order valence-corrected chi connectivity index (χ3v) is 4.17. The molecule has 0 aliphatic rings. The Balaban J connectivity index is 2.24. The normalized spacial score (nSPS) is 14.7. The van der Waals surface area contributed by atoms with Crippen LogP contribution in [0.5, 0.6) is 0 Å². The van der Waals surface area contributed by atoms with Crippen LogP contribution in [-0.4, -0.2) is 16.3 Å². The van der Waals surface area contributed by atoms with Crippen LogP contribution in [-0.2, 0) is 5.60 Å². The Bertz CT molecular complexity index is 848. The monoisotopic (exact) mass is 381 g/mol. The number of fused-ring (bicyclic) bond motifs is 1. The van der Waals surface area contributed by atoms with Gasteiger partial charge < -0.3 is 5.11 Å². The van der Waals surface area contributed by atoms with Gasteiger partial charge in [0.2, 0.25) is 5.60 Å². The van der Waals surface area contributed by atoms with Gasteiger partial charge in [0.05, 0.1) is 11.2 Å². The van der Waals surface area contributed by atoms with Crippen LogP contribution in [0.15, 0.2) is 65.1 Å². The molecule has 0 radical (unpaired) electrons. The second-order valence-corrected chi connectivity index (χ2v) is 6.02. The summed E-state index contributed by atoms with van der Waals surface area (Å²) in [6.07, 6.45) is -4.91. The van der Waals surface area contributed by atoms with E-state index >= 15 is 0 Å². The van der Waals surface area contributed by atoms with E-state index < -0.39 is 17.5 Å². The van der Waals surface area contributed by atoms with Crippen LogP contribution in [0.1, 0.15) is 11.3 Å². The highest BCUT2D eigenvalue weighted by Crippen LogP contribution is 2.44.